The predicted octanol–water partition coefficient (Wildman–Crippen LogP) is 4.74. The third-order valence-electron chi connectivity index (χ3n) is 3.92. The molecule has 134 valence electrons. The van der Waals surface area contributed by atoms with E-state index < -0.39 is 0 Å². The number of pyridine rings is 1. The number of nitrogens with one attached hydrogen (secondary N) is 1. The molecule has 0 radical (unpaired) electrons. The summed E-state index contributed by atoms with van der Waals surface area (Å²) in [6.45, 7) is 4.40. The van der Waals surface area contributed by atoms with Crippen LogP contribution in [0.5, 0.6) is 0 Å². The number of carbonyl (C=O) groups excluding carboxylic acids is 1. The third kappa shape index (κ3) is 3.97. The molecule has 2 aromatic heterocycles. The summed E-state index contributed by atoms with van der Waals surface area (Å²) in [7, 11) is 0. The van der Waals surface area contributed by atoms with Crippen molar-refractivity contribution < 1.29 is 4.79 Å². The summed E-state index contributed by atoms with van der Waals surface area (Å²) in [6, 6.07) is 11.2. The normalized spacial score (nSPS) is 11.0. The average molecular weight is 434 g/mol. The van der Waals surface area contributed by atoms with Crippen LogP contribution in [-0.2, 0) is 6.54 Å². The highest BCUT2D eigenvalue weighted by atomic mass is 79.9. The van der Waals surface area contributed by atoms with Crippen molar-refractivity contribution in [2.75, 3.05) is 0 Å². The van der Waals surface area contributed by atoms with Gasteiger partial charge in [0.25, 0.3) is 5.91 Å². The SMILES string of the molecule is CC(C)c1c(C(=O)NCc2ccc(Br)cc2Cl)cnn1-c1ccccn1. The Morgan fingerprint density at radius 1 is 1.31 bits per heavy atom. The van der Waals surface area contributed by atoms with Crippen LogP contribution in [0.15, 0.2) is 53.3 Å². The van der Waals surface area contributed by atoms with E-state index in [0.29, 0.717) is 22.9 Å². The van der Waals surface area contributed by atoms with Crippen molar-refractivity contribution in [2.45, 2.75) is 26.3 Å². The van der Waals surface area contributed by atoms with Gasteiger partial charge in [0, 0.05) is 22.2 Å². The summed E-state index contributed by atoms with van der Waals surface area (Å²) in [4.78, 5) is 17.1. The monoisotopic (exact) mass is 432 g/mol. The van der Waals surface area contributed by atoms with Crippen LogP contribution in [0.25, 0.3) is 5.82 Å². The van der Waals surface area contributed by atoms with Crippen LogP contribution in [0.1, 0.15) is 41.4 Å². The van der Waals surface area contributed by atoms with Gasteiger partial charge in [0.2, 0.25) is 0 Å². The van der Waals surface area contributed by atoms with Crippen LogP contribution in [0.4, 0.5) is 0 Å². The molecule has 0 spiro atoms. The molecule has 0 atom stereocenters. The van der Waals surface area contributed by atoms with Crippen LogP contribution in [0.2, 0.25) is 5.02 Å². The third-order valence-corrected chi connectivity index (χ3v) is 4.76. The molecule has 0 saturated heterocycles. The average Bonchev–Trinajstić information content (AvgIpc) is 3.07. The number of halogens is 2. The number of rotatable bonds is 5. The quantitative estimate of drug-likeness (QED) is 0.632. The summed E-state index contributed by atoms with van der Waals surface area (Å²) in [6.07, 6.45) is 3.29. The Labute approximate surface area is 165 Å². The van der Waals surface area contributed by atoms with E-state index in [-0.39, 0.29) is 11.8 Å². The summed E-state index contributed by atoms with van der Waals surface area (Å²) >= 11 is 9.59. The lowest BCUT2D eigenvalue weighted by atomic mass is 10.1. The Balaban J connectivity index is 1.84. The summed E-state index contributed by atoms with van der Waals surface area (Å²) in [5, 5.41) is 7.90. The maximum atomic E-state index is 12.7. The Hall–Kier alpha value is -2.18. The van der Waals surface area contributed by atoms with E-state index in [0.717, 1.165) is 15.7 Å². The van der Waals surface area contributed by atoms with E-state index in [2.05, 4.69) is 31.3 Å². The summed E-state index contributed by atoms with van der Waals surface area (Å²) in [5.41, 5.74) is 2.22. The lowest BCUT2D eigenvalue weighted by Crippen LogP contribution is -2.24. The van der Waals surface area contributed by atoms with Crippen LogP contribution < -0.4 is 5.32 Å². The van der Waals surface area contributed by atoms with Gasteiger partial charge in [-0.1, -0.05) is 53.5 Å². The number of hydrogen-bond acceptors (Lipinski definition) is 3. The van der Waals surface area contributed by atoms with E-state index >= 15 is 0 Å². The standard InChI is InChI=1S/C19H18BrClN4O/c1-12(2)18-15(11-24-25(18)17-5-3-4-8-22-17)19(26)23-10-13-6-7-14(20)9-16(13)21/h3-9,11-12H,10H2,1-2H3,(H,23,26). The summed E-state index contributed by atoms with van der Waals surface area (Å²) in [5.74, 6) is 0.609. The Morgan fingerprint density at radius 2 is 2.12 bits per heavy atom. The number of carbonyl (C=O) groups is 1. The maximum absolute atomic E-state index is 12.7. The van der Waals surface area contributed by atoms with Crippen LogP contribution in [-0.4, -0.2) is 20.7 Å². The number of nitrogens with zero attached hydrogens (tertiary/aromatic N) is 3. The molecule has 1 aromatic carbocycles. The molecular weight excluding hydrogens is 416 g/mol. The first-order valence-electron chi connectivity index (χ1n) is 8.19. The zero-order chi connectivity index (χ0) is 18.7. The van der Waals surface area contributed by atoms with Gasteiger partial charge in [-0.3, -0.25) is 4.79 Å². The van der Waals surface area contributed by atoms with Crippen molar-refractivity contribution in [3.8, 4) is 5.82 Å². The second-order valence-electron chi connectivity index (χ2n) is 6.12. The van der Waals surface area contributed by atoms with E-state index in [4.69, 9.17) is 11.6 Å². The zero-order valence-corrected chi connectivity index (χ0v) is 16.8. The molecule has 0 saturated carbocycles. The molecule has 5 nitrogen and oxygen atoms in total. The molecule has 1 N–H and O–H groups in total. The van der Waals surface area contributed by atoms with Crippen LogP contribution >= 0.6 is 27.5 Å². The second-order valence-corrected chi connectivity index (χ2v) is 7.44. The minimum Gasteiger partial charge on any atom is -0.348 e. The number of hydrogen-bond donors (Lipinski definition) is 1. The van der Waals surface area contributed by atoms with Gasteiger partial charge in [0.05, 0.1) is 17.5 Å². The highest BCUT2D eigenvalue weighted by Gasteiger charge is 2.21. The first-order valence-corrected chi connectivity index (χ1v) is 9.36. The van der Waals surface area contributed by atoms with Gasteiger partial charge in [-0.2, -0.15) is 5.10 Å². The van der Waals surface area contributed by atoms with Crippen molar-refractivity contribution in [3.63, 3.8) is 0 Å². The molecule has 0 aliphatic carbocycles. The van der Waals surface area contributed by atoms with E-state index in [9.17, 15) is 4.79 Å². The fraction of sp³-hybridized carbons (Fsp3) is 0.211. The fourth-order valence-corrected chi connectivity index (χ4v) is 3.43. The highest BCUT2D eigenvalue weighted by molar-refractivity contribution is 9.10. The van der Waals surface area contributed by atoms with Gasteiger partial charge in [-0.25, -0.2) is 9.67 Å². The predicted molar refractivity (Wildman–Crippen MR) is 106 cm³/mol. The van der Waals surface area contributed by atoms with E-state index in [1.165, 1.54) is 0 Å². The van der Waals surface area contributed by atoms with Gasteiger partial charge in [0.1, 0.15) is 0 Å². The molecule has 0 unspecified atom stereocenters. The van der Waals surface area contributed by atoms with E-state index in [1.54, 1.807) is 17.1 Å². The molecule has 0 aliphatic heterocycles. The zero-order valence-electron chi connectivity index (χ0n) is 14.4. The molecule has 3 aromatic rings. The van der Waals surface area contributed by atoms with Crippen molar-refractivity contribution in [1.29, 1.82) is 0 Å². The molecule has 0 bridgehead atoms. The first kappa shape index (κ1) is 18.6. The molecule has 0 fully saturated rings. The number of benzene rings is 1. The van der Waals surface area contributed by atoms with Crippen molar-refractivity contribution in [3.05, 3.63) is 75.1 Å². The Bertz CT molecular complexity index is 925. The molecule has 7 heteroatoms. The molecule has 2 heterocycles. The molecule has 1 amide bonds. The second kappa shape index (κ2) is 8.01. The van der Waals surface area contributed by atoms with Gasteiger partial charge < -0.3 is 5.32 Å². The van der Waals surface area contributed by atoms with Gasteiger partial charge in [-0.15, -0.1) is 0 Å². The van der Waals surface area contributed by atoms with E-state index in [1.807, 2.05) is 50.2 Å². The molecule has 3 rings (SSSR count). The molecular formula is C19H18BrClN4O. The maximum Gasteiger partial charge on any atom is 0.255 e. The molecule has 26 heavy (non-hydrogen) atoms. The highest BCUT2D eigenvalue weighted by Crippen LogP contribution is 2.23. The molecule has 0 aliphatic rings. The first-order chi connectivity index (χ1) is 12.5. The summed E-state index contributed by atoms with van der Waals surface area (Å²) < 4.78 is 2.61. The lowest BCUT2D eigenvalue weighted by molar-refractivity contribution is 0.0949. The smallest absolute Gasteiger partial charge is 0.255 e. The van der Waals surface area contributed by atoms with Crippen molar-refractivity contribution in [2.24, 2.45) is 0 Å². The Morgan fingerprint density at radius 3 is 2.77 bits per heavy atom. The van der Waals surface area contributed by atoms with Crippen LogP contribution in [0.3, 0.4) is 0 Å². The number of aromatic nitrogens is 3. The minimum absolute atomic E-state index is 0.108. The van der Waals surface area contributed by atoms with Gasteiger partial charge in [-0.05, 0) is 35.7 Å². The largest absolute Gasteiger partial charge is 0.348 e. The van der Waals surface area contributed by atoms with Gasteiger partial charge >= 0.3 is 0 Å². The fourth-order valence-electron chi connectivity index (χ4n) is 2.69. The van der Waals surface area contributed by atoms with Crippen molar-refractivity contribution in [1.82, 2.24) is 20.1 Å². The van der Waals surface area contributed by atoms with Crippen molar-refractivity contribution >= 4 is 33.4 Å². The minimum atomic E-state index is -0.185. The van der Waals surface area contributed by atoms with Gasteiger partial charge in [0.15, 0.2) is 5.82 Å². The lowest BCUT2D eigenvalue weighted by Gasteiger charge is -2.12. The Kier molecular flexibility index (Phi) is 5.74. The van der Waals surface area contributed by atoms with Crippen LogP contribution in [0, 0.1) is 0 Å². The number of amides is 1. The topological polar surface area (TPSA) is 59.8 Å².